The van der Waals surface area contributed by atoms with Crippen molar-refractivity contribution in [2.24, 2.45) is 0 Å². The van der Waals surface area contributed by atoms with Crippen LogP contribution in [0.15, 0.2) is 47.9 Å². The molecule has 0 bridgehead atoms. The number of likely N-dealkylation sites (tertiary alicyclic amines) is 1. The van der Waals surface area contributed by atoms with Gasteiger partial charge in [0, 0.05) is 31.7 Å². The first kappa shape index (κ1) is 14.7. The van der Waals surface area contributed by atoms with Crippen molar-refractivity contribution < 1.29 is 4.79 Å². The van der Waals surface area contributed by atoms with Crippen LogP contribution in [0.3, 0.4) is 0 Å². The van der Waals surface area contributed by atoms with Gasteiger partial charge in [0.25, 0.3) is 0 Å². The zero-order valence-corrected chi connectivity index (χ0v) is 13.2. The van der Waals surface area contributed by atoms with Crippen LogP contribution in [0.25, 0.3) is 5.65 Å². The molecule has 3 aromatic heterocycles. The lowest BCUT2D eigenvalue weighted by Gasteiger charge is -2.33. The molecule has 0 radical (unpaired) electrons. The number of aromatic nitrogens is 5. The molecule has 0 N–H and O–H groups in total. The van der Waals surface area contributed by atoms with E-state index < -0.39 is 0 Å². The van der Waals surface area contributed by atoms with Crippen LogP contribution < -0.4 is 5.69 Å². The lowest BCUT2D eigenvalue weighted by atomic mass is 10.1. The molecule has 3 aromatic rings. The molecule has 1 saturated heterocycles. The molecular formula is C16H18N6O2. The van der Waals surface area contributed by atoms with Crippen LogP contribution in [-0.2, 0) is 11.3 Å². The van der Waals surface area contributed by atoms with Crippen molar-refractivity contribution in [3.63, 3.8) is 0 Å². The smallest absolute Gasteiger partial charge is 0.339 e. The highest BCUT2D eigenvalue weighted by atomic mass is 16.2. The summed E-state index contributed by atoms with van der Waals surface area (Å²) < 4.78 is 4.72. The van der Waals surface area contributed by atoms with Gasteiger partial charge in [0.05, 0.1) is 12.4 Å². The van der Waals surface area contributed by atoms with E-state index in [1.165, 1.54) is 9.08 Å². The first-order chi connectivity index (χ1) is 11.7. The molecule has 1 fully saturated rings. The van der Waals surface area contributed by atoms with Gasteiger partial charge in [0.2, 0.25) is 5.91 Å². The Hall–Kier alpha value is -2.90. The highest BCUT2D eigenvalue weighted by molar-refractivity contribution is 5.76. The SMILES string of the molecule is O=C(Cn1nc2ccccn2c1=O)N1CCC[C@@H](n2ccnc2)C1. The molecule has 24 heavy (non-hydrogen) atoms. The number of hydrogen-bond donors (Lipinski definition) is 0. The highest BCUT2D eigenvalue weighted by Crippen LogP contribution is 2.21. The van der Waals surface area contributed by atoms with Crippen LogP contribution in [0, 0.1) is 0 Å². The summed E-state index contributed by atoms with van der Waals surface area (Å²) in [4.78, 5) is 30.8. The van der Waals surface area contributed by atoms with Gasteiger partial charge in [0.1, 0.15) is 6.54 Å². The number of imidazole rings is 1. The number of carbonyl (C=O) groups excluding carboxylic acids is 1. The normalized spacial score (nSPS) is 18.2. The Kier molecular flexibility index (Phi) is 3.64. The molecule has 0 saturated carbocycles. The van der Waals surface area contributed by atoms with Gasteiger partial charge in [-0.1, -0.05) is 6.07 Å². The second-order valence-electron chi connectivity index (χ2n) is 6.01. The lowest BCUT2D eigenvalue weighted by Crippen LogP contribution is -2.43. The molecule has 1 aliphatic rings. The minimum atomic E-state index is -0.290. The Balaban J connectivity index is 1.51. The summed E-state index contributed by atoms with van der Waals surface area (Å²) in [6, 6.07) is 5.57. The van der Waals surface area contributed by atoms with Crippen LogP contribution in [0.4, 0.5) is 0 Å². The summed E-state index contributed by atoms with van der Waals surface area (Å²) >= 11 is 0. The molecule has 4 rings (SSSR count). The van der Waals surface area contributed by atoms with Gasteiger partial charge in [-0.15, -0.1) is 5.10 Å². The average molecular weight is 326 g/mol. The van der Waals surface area contributed by atoms with E-state index >= 15 is 0 Å². The lowest BCUT2D eigenvalue weighted by molar-refractivity contribution is -0.133. The van der Waals surface area contributed by atoms with Crippen molar-refractivity contribution in [2.45, 2.75) is 25.4 Å². The van der Waals surface area contributed by atoms with E-state index in [0.717, 1.165) is 12.8 Å². The van der Waals surface area contributed by atoms with Gasteiger partial charge >= 0.3 is 5.69 Å². The molecule has 4 heterocycles. The number of piperidine rings is 1. The molecule has 1 atom stereocenters. The standard InChI is InChI=1S/C16H18N6O2/c23-15(11-22-16(24)21-8-2-1-5-14(21)18-22)19-7-3-4-13(10-19)20-9-6-17-12-20/h1-2,5-6,8-9,12-13H,3-4,7,10-11H2/t13-/m1/s1. The molecule has 124 valence electrons. The number of fused-ring (bicyclic) bond motifs is 1. The van der Waals surface area contributed by atoms with Crippen LogP contribution in [0.5, 0.6) is 0 Å². The van der Waals surface area contributed by atoms with Crippen LogP contribution in [-0.4, -0.2) is 47.6 Å². The summed E-state index contributed by atoms with van der Waals surface area (Å²) in [5, 5.41) is 4.22. The molecule has 1 amide bonds. The van der Waals surface area contributed by atoms with Crippen molar-refractivity contribution >= 4 is 11.6 Å². The molecule has 0 spiro atoms. The largest absolute Gasteiger partial charge is 0.350 e. The number of carbonyl (C=O) groups is 1. The average Bonchev–Trinajstić information content (AvgIpc) is 3.25. The fourth-order valence-electron chi connectivity index (χ4n) is 3.21. The number of nitrogens with zero attached hydrogens (tertiary/aromatic N) is 6. The monoisotopic (exact) mass is 326 g/mol. The first-order valence-electron chi connectivity index (χ1n) is 8.02. The summed E-state index contributed by atoms with van der Waals surface area (Å²) in [5.74, 6) is -0.0784. The van der Waals surface area contributed by atoms with Gasteiger partial charge in [-0.25, -0.2) is 14.5 Å². The Morgan fingerprint density at radius 2 is 2.21 bits per heavy atom. The maximum Gasteiger partial charge on any atom is 0.350 e. The van der Waals surface area contributed by atoms with Crippen molar-refractivity contribution in [1.29, 1.82) is 0 Å². The van der Waals surface area contributed by atoms with E-state index in [1.54, 1.807) is 30.9 Å². The van der Waals surface area contributed by atoms with Gasteiger partial charge in [-0.2, -0.15) is 0 Å². The second kappa shape index (κ2) is 5.95. The number of pyridine rings is 1. The molecule has 8 nitrogen and oxygen atoms in total. The van der Waals surface area contributed by atoms with E-state index in [-0.39, 0.29) is 24.2 Å². The fourth-order valence-corrected chi connectivity index (χ4v) is 3.21. The molecule has 1 aliphatic heterocycles. The zero-order chi connectivity index (χ0) is 16.5. The molecule has 8 heteroatoms. The summed E-state index contributed by atoms with van der Waals surface area (Å²) in [6.45, 7) is 1.32. The van der Waals surface area contributed by atoms with Crippen LogP contribution >= 0.6 is 0 Å². The van der Waals surface area contributed by atoms with E-state index in [2.05, 4.69) is 10.1 Å². The Morgan fingerprint density at radius 3 is 3.00 bits per heavy atom. The predicted molar refractivity (Wildman–Crippen MR) is 86.5 cm³/mol. The van der Waals surface area contributed by atoms with E-state index in [4.69, 9.17) is 0 Å². The zero-order valence-electron chi connectivity index (χ0n) is 13.2. The van der Waals surface area contributed by atoms with Gasteiger partial charge in [-0.3, -0.25) is 9.20 Å². The van der Waals surface area contributed by atoms with E-state index in [0.29, 0.717) is 18.7 Å². The third kappa shape index (κ3) is 2.60. The summed E-state index contributed by atoms with van der Waals surface area (Å²) in [6.07, 6.45) is 9.07. The van der Waals surface area contributed by atoms with Crippen LogP contribution in [0.1, 0.15) is 18.9 Å². The van der Waals surface area contributed by atoms with Crippen molar-refractivity contribution in [1.82, 2.24) is 28.6 Å². The summed E-state index contributed by atoms with van der Waals surface area (Å²) in [7, 11) is 0. The number of hydrogen-bond acceptors (Lipinski definition) is 4. The minimum Gasteiger partial charge on any atom is -0.339 e. The van der Waals surface area contributed by atoms with Gasteiger partial charge < -0.3 is 9.47 Å². The Morgan fingerprint density at radius 1 is 1.29 bits per heavy atom. The maximum atomic E-state index is 12.6. The number of amides is 1. The molecule has 0 aromatic carbocycles. The summed E-state index contributed by atoms with van der Waals surface area (Å²) in [5.41, 5.74) is 0.257. The fraction of sp³-hybridized carbons (Fsp3) is 0.375. The Bertz CT molecular complexity index is 910. The maximum absolute atomic E-state index is 12.6. The Labute approximate surface area is 137 Å². The predicted octanol–water partition coefficient (Wildman–Crippen LogP) is 0.556. The van der Waals surface area contributed by atoms with E-state index in [9.17, 15) is 9.59 Å². The topological polar surface area (TPSA) is 77.4 Å². The van der Waals surface area contributed by atoms with Crippen molar-refractivity contribution in [3.8, 4) is 0 Å². The third-order valence-corrected chi connectivity index (χ3v) is 4.47. The van der Waals surface area contributed by atoms with Crippen LogP contribution in [0.2, 0.25) is 0 Å². The second-order valence-corrected chi connectivity index (χ2v) is 6.01. The third-order valence-electron chi connectivity index (χ3n) is 4.47. The number of rotatable bonds is 3. The van der Waals surface area contributed by atoms with Crippen molar-refractivity contribution in [2.75, 3.05) is 13.1 Å². The molecular weight excluding hydrogens is 308 g/mol. The molecule has 0 unspecified atom stereocenters. The quantitative estimate of drug-likeness (QED) is 0.704. The molecule has 0 aliphatic carbocycles. The van der Waals surface area contributed by atoms with Gasteiger partial charge in [0.15, 0.2) is 5.65 Å². The van der Waals surface area contributed by atoms with E-state index in [1.807, 2.05) is 21.7 Å². The van der Waals surface area contributed by atoms with Gasteiger partial charge in [-0.05, 0) is 25.0 Å². The first-order valence-corrected chi connectivity index (χ1v) is 8.02. The highest BCUT2D eigenvalue weighted by Gasteiger charge is 2.25. The van der Waals surface area contributed by atoms with Crippen molar-refractivity contribution in [3.05, 3.63) is 53.6 Å². The minimum absolute atomic E-state index is 0.0306.